The fourth-order valence-electron chi connectivity index (χ4n) is 2.40. The van der Waals surface area contributed by atoms with Crippen molar-refractivity contribution in [1.82, 2.24) is 10.6 Å². The van der Waals surface area contributed by atoms with Gasteiger partial charge in [-0.3, -0.25) is 4.79 Å². The van der Waals surface area contributed by atoms with Crippen LogP contribution in [-0.2, 0) is 0 Å². The molecule has 118 valence electrons. The molecule has 1 aromatic rings. The van der Waals surface area contributed by atoms with E-state index in [1.165, 1.54) is 0 Å². The van der Waals surface area contributed by atoms with Gasteiger partial charge in [-0.05, 0) is 72.1 Å². The lowest BCUT2D eigenvalue weighted by atomic mass is 9.81. The summed E-state index contributed by atoms with van der Waals surface area (Å²) in [4.78, 5) is 12.3. The average molecular weight is 425 g/mol. The summed E-state index contributed by atoms with van der Waals surface area (Å²) in [5.41, 5.74) is 0.919. The molecule has 0 radical (unpaired) electrons. The molecule has 0 atom stereocenters. The maximum absolute atomic E-state index is 12.3. The van der Waals surface area contributed by atoms with E-state index in [4.69, 9.17) is 4.74 Å². The Morgan fingerprint density at radius 3 is 2.67 bits per heavy atom. The van der Waals surface area contributed by atoms with E-state index in [0.29, 0.717) is 5.56 Å². The molecule has 1 amide bonds. The van der Waals surface area contributed by atoms with E-state index >= 15 is 0 Å². The number of carbonyl (C=O) groups excluding carboxylic acids is 1. The van der Waals surface area contributed by atoms with Crippen molar-refractivity contribution in [3.8, 4) is 5.75 Å². The van der Waals surface area contributed by atoms with Crippen LogP contribution >= 0.6 is 35.0 Å². The van der Waals surface area contributed by atoms with Gasteiger partial charge in [-0.15, -0.1) is 12.4 Å². The molecule has 1 aromatic carbocycles. The zero-order valence-corrected chi connectivity index (χ0v) is 15.3. The fourth-order valence-corrected chi connectivity index (χ4v) is 3.13. The Bertz CT molecular complexity index is 491. The van der Waals surface area contributed by atoms with Gasteiger partial charge in [0.05, 0.1) is 12.7 Å². The van der Waals surface area contributed by atoms with Gasteiger partial charge < -0.3 is 15.4 Å². The Balaban J connectivity index is 0.00000220. The van der Waals surface area contributed by atoms with E-state index in [0.717, 1.165) is 41.8 Å². The first-order chi connectivity index (χ1) is 9.54. The van der Waals surface area contributed by atoms with Crippen LogP contribution in [0.3, 0.4) is 0 Å². The van der Waals surface area contributed by atoms with Gasteiger partial charge in [0.1, 0.15) is 5.75 Å². The number of benzene rings is 1. The van der Waals surface area contributed by atoms with Crippen LogP contribution in [-0.4, -0.2) is 32.7 Å². The summed E-state index contributed by atoms with van der Waals surface area (Å²) < 4.78 is 6.07. The third-order valence-electron chi connectivity index (χ3n) is 3.91. The van der Waals surface area contributed by atoms with Crippen molar-refractivity contribution in [3.63, 3.8) is 0 Å². The Hall–Kier alpha value is -0.530. The second-order valence-corrected chi connectivity index (χ2v) is 6.75. The van der Waals surface area contributed by atoms with Gasteiger partial charge in [0.15, 0.2) is 0 Å². The number of amides is 1. The number of piperidine rings is 1. The second kappa shape index (κ2) is 8.19. The molecule has 1 heterocycles. The minimum absolute atomic E-state index is 0. The van der Waals surface area contributed by atoms with Crippen LogP contribution in [0.25, 0.3) is 0 Å². The average Bonchev–Trinajstić information content (AvgIpc) is 2.45. The topological polar surface area (TPSA) is 50.4 Å². The van der Waals surface area contributed by atoms with E-state index in [1.54, 1.807) is 7.11 Å². The molecule has 1 aliphatic rings. The second-order valence-electron chi connectivity index (χ2n) is 5.59. The number of rotatable bonds is 4. The molecular formula is C15H22ClIN2O2. The molecule has 2 rings (SSSR count). The van der Waals surface area contributed by atoms with Gasteiger partial charge in [-0.1, -0.05) is 6.92 Å². The van der Waals surface area contributed by atoms with Crippen LogP contribution in [0.15, 0.2) is 18.2 Å². The molecule has 0 aliphatic carbocycles. The molecule has 2 N–H and O–H groups in total. The van der Waals surface area contributed by atoms with Crippen LogP contribution in [0.2, 0.25) is 0 Å². The van der Waals surface area contributed by atoms with Crippen LogP contribution < -0.4 is 15.4 Å². The number of hydrogen-bond donors (Lipinski definition) is 2. The van der Waals surface area contributed by atoms with Crippen molar-refractivity contribution < 1.29 is 9.53 Å². The predicted molar refractivity (Wildman–Crippen MR) is 95.5 cm³/mol. The maximum atomic E-state index is 12.3. The highest BCUT2D eigenvalue weighted by Gasteiger charge is 2.27. The van der Waals surface area contributed by atoms with Crippen LogP contribution in [0.4, 0.5) is 0 Å². The highest BCUT2D eigenvalue weighted by molar-refractivity contribution is 14.1. The van der Waals surface area contributed by atoms with Crippen LogP contribution in [0.1, 0.15) is 30.1 Å². The minimum atomic E-state index is -0.00295. The van der Waals surface area contributed by atoms with Crippen molar-refractivity contribution in [2.75, 3.05) is 26.7 Å². The van der Waals surface area contributed by atoms with Crippen molar-refractivity contribution in [3.05, 3.63) is 27.3 Å². The highest BCUT2D eigenvalue weighted by atomic mass is 127. The third-order valence-corrected chi connectivity index (χ3v) is 4.80. The fraction of sp³-hybridized carbons (Fsp3) is 0.533. The van der Waals surface area contributed by atoms with Crippen molar-refractivity contribution >= 4 is 40.9 Å². The molecule has 6 heteroatoms. The van der Waals surface area contributed by atoms with Gasteiger partial charge in [-0.2, -0.15) is 0 Å². The standard InChI is InChI=1S/C15H21IN2O2.ClH/c1-15(5-7-17-8-6-15)10-18-14(19)12-4-3-11(20-2)9-13(12)16;/h3-4,9,17H,5-8,10H2,1-2H3,(H,18,19);1H. The number of hydrogen-bond acceptors (Lipinski definition) is 3. The number of halogens is 2. The third kappa shape index (κ3) is 5.00. The first kappa shape index (κ1) is 18.5. The molecule has 0 spiro atoms. The van der Waals surface area contributed by atoms with Gasteiger partial charge in [0.25, 0.3) is 5.91 Å². The minimum Gasteiger partial charge on any atom is -0.497 e. The lowest BCUT2D eigenvalue weighted by Gasteiger charge is -2.34. The van der Waals surface area contributed by atoms with E-state index in [9.17, 15) is 4.79 Å². The number of methoxy groups -OCH3 is 1. The lowest BCUT2D eigenvalue weighted by molar-refractivity contribution is 0.0921. The Morgan fingerprint density at radius 2 is 2.10 bits per heavy atom. The summed E-state index contributed by atoms with van der Waals surface area (Å²) in [5, 5.41) is 6.43. The smallest absolute Gasteiger partial charge is 0.252 e. The quantitative estimate of drug-likeness (QED) is 0.731. The molecule has 1 aliphatic heterocycles. The molecule has 4 nitrogen and oxygen atoms in total. The summed E-state index contributed by atoms with van der Waals surface area (Å²) >= 11 is 2.17. The zero-order chi connectivity index (χ0) is 14.6. The Kier molecular flexibility index (Phi) is 7.23. The summed E-state index contributed by atoms with van der Waals surface area (Å²) in [6, 6.07) is 5.52. The van der Waals surface area contributed by atoms with Crippen molar-refractivity contribution in [2.45, 2.75) is 19.8 Å². The molecule has 0 bridgehead atoms. The van der Waals surface area contributed by atoms with Gasteiger partial charge >= 0.3 is 0 Å². The van der Waals surface area contributed by atoms with Crippen LogP contribution in [0, 0.1) is 8.99 Å². The zero-order valence-electron chi connectivity index (χ0n) is 12.4. The van der Waals surface area contributed by atoms with Crippen molar-refractivity contribution in [2.24, 2.45) is 5.41 Å². The van der Waals surface area contributed by atoms with E-state index in [1.807, 2.05) is 18.2 Å². The molecule has 1 fully saturated rings. The molecule has 0 saturated carbocycles. The normalized spacial score (nSPS) is 16.7. The van der Waals surface area contributed by atoms with Crippen molar-refractivity contribution in [1.29, 1.82) is 0 Å². The molecule has 0 unspecified atom stereocenters. The molecule has 1 saturated heterocycles. The lowest BCUT2D eigenvalue weighted by Crippen LogP contribution is -2.43. The van der Waals surface area contributed by atoms with Gasteiger partial charge in [0.2, 0.25) is 0 Å². The molecule has 0 aromatic heterocycles. The number of nitrogens with one attached hydrogen (secondary N) is 2. The summed E-state index contributed by atoms with van der Waals surface area (Å²) in [5.74, 6) is 0.771. The monoisotopic (exact) mass is 424 g/mol. The summed E-state index contributed by atoms with van der Waals surface area (Å²) in [6.45, 7) is 5.04. The highest BCUT2D eigenvalue weighted by Crippen LogP contribution is 2.27. The van der Waals surface area contributed by atoms with E-state index < -0.39 is 0 Å². The SMILES string of the molecule is COc1ccc(C(=O)NCC2(C)CCNCC2)c(I)c1.Cl. The van der Waals surface area contributed by atoms with Gasteiger partial charge in [-0.25, -0.2) is 0 Å². The summed E-state index contributed by atoms with van der Waals surface area (Å²) in [6.07, 6.45) is 2.21. The first-order valence-electron chi connectivity index (χ1n) is 6.86. The van der Waals surface area contributed by atoms with Gasteiger partial charge in [0, 0.05) is 10.1 Å². The number of carbonyl (C=O) groups is 1. The molecular weight excluding hydrogens is 403 g/mol. The first-order valence-corrected chi connectivity index (χ1v) is 7.94. The van der Waals surface area contributed by atoms with E-state index in [-0.39, 0.29) is 23.7 Å². The molecule has 21 heavy (non-hydrogen) atoms. The Labute approximate surface area is 145 Å². The maximum Gasteiger partial charge on any atom is 0.252 e. The summed E-state index contributed by atoms with van der Waals surface area (Å²) in [7, 11) is 1.63. The van der Waals surface area contributed by atoms with E-state index in [2.05, 4.69) is 40.1 Å². The Morgan fingerprint density at radius 1 is 1.43 bits per heavy atom. The predicted octanol–water partition coefficient (Wildman–Crippen LogP) is 2.84. The largest absolute Gasteiger partial charge is 0.497 e. The number of ether oxygens (including phenoxy) is 1. The van der Waals surface area contributed by atoms with Crippen LogP contribution in [0.5, 0.6) is 5.75 Å².